The number of rotatable bonds is 0. The number of nitrogens with zero attached hydrogens (tertiary/aromatic N) is 1. The molecule has 1 rings (SSSR count). The third kappa shape index (κ3) is 2.60. The van der Waals surface area contributed by atoms with Crippen molar-refractivity contribution in [2.45, 2.75) is 31.1 Å². The van der Waals surface area contributed by atoms with E-state index in [-0.39, 0.29) is 0 Å². The highest BCUT2D eigenvalue weighted by molar-refractivity contribution is 5.92. The Balaban J connectivity index is 2.82. The minimum atomic E-state index is -1.46. The van der Waals surface area contributed by atoms with Gasteiger partial charge in [0.1, 0.15) is 0 Å². The average Bonchev–Trinajstić information content (AvgIpc) is 2.26. The molecule has 1 atom stereocenters. The van der Waals surface area contributed by atoms with Crippen molar-refractivity contribution >= 4 is 12.1 Å². The molecule has 8 heteroatoms. The molecule has 0 aromatic carbocycles. The predicted octanol–water partition coefficient (Wildman–Crippen LogP) is -1.84. The fourth-order valence-electron chi connectivity index (χ4n) is 1.71. The first-order chi connectivity index (χ1) is 7.35. The van der Waals surface area contributed by atoms with E-state index >= 15 is 0 Å². The Bertz CT molecular complexity index is 292. The standard InChI is InChI=1S/C8H18N6O2/c9-5-3-1-2-4-14(8(5,11)12)7(16)13-6(10)15/h5H,1-4,9,11-12H2,(H3,10,13,15,16). The number of urea groups is 2. The van der Waals surface area contributed by atoms with Crippen LogP contribution < -0.4 is 28.3 Å². The molecule has 8 nitrogen and oxygen atoms in total. The highest BCUT2D eigenvalue weighted by atomic mass is 16.2. The Kier molecular flexibility index (Phi) is 3.68. The zero-order valence-electron chi connectivity index (χ0n) is 8.98. The molecular formula is C8H18N6O2. The van der Waals surface area contributed by atoms with Crippen molar-refractivity contribution in [3.05, 3.63) is 0 Å². The van der Waals surface area contributed by atoms with E-state index < -0.39 is 23.9 Å². The van der Waals surface area contributed by atoms with Crippen LogP contribution >= 0.6 is 0 Å². The van der Waals surface area contributed by atoms with Crippen LogP contribution in [-0.4, -0.2) is 35.3 Å². The molecule has 1 unspecified atom stereocenters. The molecular weight excluding hydrogens is 212 g/mol. The van der Waals surface area contributed by atoms with E-state index in [1.807, 2.05) is 5.32 Å². The fraction of sp³-hybridized carbons (Fsp3) is 0.750. The maximum Gasteiger partial charge on any atom is 0.328 e. The molecule has 0 aromatic heterocycles. The smallest absolute Gasteiger partial charge is 0.328 e. The zero-order valence-corrected chi connectivity index (χ0v) is 8.98. The van der Waals surface area contributed by atoms with E-state index in [1.165, 1.54) is 0 Å². The molecule has 92 valence electrons. The largest absolute Gasteiger partial charge is 0.351 e. The van der Waals surface area contributed by atoms with Crippen LogP contribution in [0.2, 0.25) is 0 Å². The monoisotopic (exact) mass is 230 g/mol. The lowest BCUT2D eigenvalue weighted by Gasteiger charge is -2.39. The molecule has 0 radical (unpaired) electrons. The van der Waals surface area contributed by atoms with Crippen molar-refractivity contribution in [2.75, 3.05) is 6.54 Å². The summed E-state index contributed by atoms with van der Waals surface area (Å²) in [4.78, 5) is 23.4. The van der Waals surface area contributed by atoms with Gasteiger partial charge in [-0.25, -0.2) is 9.59 Å². The van der Waals surface area contributed by atoms with E-state index in [4.69, 9.17) is 22.9 Å². The van der Waals surface area contributed by atoms with Gasteiger partial charge in [0.25, 0.3) is 0 Å². The van der Waals surface area contributed by atoms with Crippen LogP contribution in [0.4, 0.5) is 9.59 Å². The molecule has 1 saturated heterocycles. The quantitative estimate of drug-likeness (QED) is 0.309. The minimum Gasteiger partial charge on any atom is -0.351 e. The lowest BCUT2D eigenvalue weighted by molar-refractivity contribution is 0.108. The maximum atomic E-state index is 11.6. The van der Waals surface area contributed by atoms with Gasteiger partial charge in [-0.1, -0.05) is 0 Å². The lowest BCUT2D eigenvalue weighted by Crippen LogP contribution is -2.74. The Morgan fingerprint density at radius 1 is 1.31 bits per heavy atom. The number of hydrogen-bond acceptors (Lipinski definition) is 5. The molecule has 1 aliphatic rings. The third-order valence-corrected chi connectivity index (χ3v) is 2.68. The average molecular weight is 230 g/mol. The third-order valence-electron chi connectivity index (χ3n) is 2.68. The van der Waals surface area contributed by atoms with Crippen molar-refractivity contribution in [1.29, 1.82) is 0 Å². The van der Waals surface area contributed by atoms with Gasteiger partial charge in [-0.05, 0) is 19.3 Å². The summed E-state index contributed by atoms with van der Waals surface area (Å²) in [5, 5.41) is 1.93. The normalized spacial score (nSPS) is 24.7. The van der Waals surface area contributed by atoms with Crippen LogP contribution in [0, 0.1) is 0 Å². The predicted molar refractivity (Wildman–Crippen MR) is 57.8 cm³/mol. The second-order valence-corrected chi connectivity index (χ2v) is 3.94. The van der Waals surface area contributed by atoms with Crippen molar-refractivity contribution in [3.8, 4) is 0 Å². The molecule has 4 amide bonds. The van der Waals surface area contributed by atoms with Crippen LogP contribution in [0.3, 0.4) is 0 Å². The van der Waals surface area contributed by atoms with E-state index in [2.05, 4.69) is 0 Å². The number of carbonyl (C=O) groups is 2. The van der Waals surface area contributed by atoms with Crippen LogP contribution in [0.1, 0.15) is 19.3 Å². The first kappa shape index (κ1) is 12.7. The van der Waals surface area contributed by atoms with E-state index in [9.17, 15) is 9.59 Å². The van der Waals surface area contributed by atoms with Gasteiger partial charge in [-0.3, -0.25) is 21.7 Å². The summed E-state index contributed by atoms with van der Waals surface area (Å²) >= 11 is 0. The molecule has 1 aliphatic heterocycles. The van der Waals surface area contributed by atoms with E-state index in [0.29, 0.717) is 13.0 Å². The molecule has 16 heavy (non-hydrogen) atoms. The number of likely N-dealkylation sites (tertiary alicyclic amines) is 1. The number of imide groups is 1. The van der Waals surface area contributed by atoms with Crippen LogP contribution in [0.15, 0.2) is 0 Å². The molecule has 0 aliphatic carbocycles. The summed E-state index contributed by atoms with van der Waals surface area (Å²) in [6, 6.07) is -2.19. The molecule has 0 spiro atoms. The number of amides is 4. The molecule has 1 fully saturated rings. The zero-order chi connectivity index (χ0) is 12.3. The molecule has 1 heterocycles. The summed E-state index contributed by atoms with van der Waals surface area (Å²) in [5.41, 5.74) is 22.3. The SMILES string of the molecule is NC(=O)NC(=O)N1CCCCC(N)C1(N)N. The van der Waals surface area contributed by atoms with E-state index in [0.717, 1.165) is 17.7 Å². The second-order valence-electron chi connectivity index (χ2n) is 3.94. The number of primary amides is 1. The van der Waals surface area contributed by atoms with Crippen molar-refractivity contribution < 1.29 is 9.59 Å². The Morgan fingerprint density at radius 2 is 1.94 bits per heavy atom. The van der Waals surface area contributed by atoms with Gasteiger partial charge >= 0.3 is 12.1 Å². The fourth-order valence-corrected chi connectivity index (χ4v) is 1.71. The van der Waals surface area contributed by atoms with Crippen LogP contribution in [0.5, 0.6) is 0 Å². The van der Waals surface area contributed by atoms with Gasteiger partial charge in [-0.2, -0.15) is 0 Å². The lowest BCUT2D eigenvalue weighted by atomic mass is 10.1. The molecule has 0 aromatic rings. The van der Waals surface area contributed by atoms with Crippen LogP contribution in [-0.2, 0) is 0 Å². The molecule has 0 saturated carbocycles. The van der Waals surface area contributed by atoms with Crippen molar-refractivity contribution in [2.24, 2.45) is 22.9 Å². The van der Waals surface area contributed by atoms with Crippen molar-refractivity contribution in [1.82, 2.24) is 10.2 Å². The second kappa shape index (κ2) is 4.64. The van der Waals surface area contributed by atoms with Crippen molar-refractivity contribution in [3.63, 3.8) is 0 Å². The highest BCUT2D eigenvalue weighted by Crippen LogP contribution is 2.17. The number of carbonyl (C=O) groups excluding carboxylic acids is 2. The van der Waals surface area contributed by atoms with Gasteiger partial charge in [0.2, 0.25) is 0 Å². The Hall–Kier alpha value is -1.38. The summed E-state index contributed by atoms with van der Waals surface area (Å²) in [6.45, 7) is 0.347. The van der Waals surface area contributed by atoms with Gasteiger partial charge < -0.3 is 11.5 Å². The summed E-state index contributed by atoms with van der Waals surface area (Å²) in [5.74, 6) is -1.46. The Labute approximate surface area is 93.3 Å². The number of nitrogens with two attached hydrogens (primary N) is 4. The Morgan fingerprint density at radius 3 is 2.50 bits per heavy atom. The summed E-state index contributed by atoms with van der Waals surface area (Å²) in [7, 11) is 0. The van der Waals surface area contributed by atoms with Gasteiger partial charge in [0, 0.05) is 6.54 Å². The summed E-state index contributed by atoms with van der Waals surface area (Å²) < 4.78 is 0. The van der Waals surface area contributed by atoms with Gasteiger partial charge in [-0.15, -0.1) is 0 Å². The van der Waals surface area contributed by atoms with Crippen LogP contribution in [0.25, 0.3) is 0 Å². The van der Waals surface area contributed by atoms with E-state index in [1.54, 1.807) is 0 Å². The topological polar surface area (TPSA) is 153 Å². The molecule has 9 N–H and O–H groups in total. The minimum absolute atomic E-state index is 0.347. The van der Waals surface area contributed by atoms with Gasteiger partial charge in [0.05, 0.1) is 6.04 Å². The first-order valence-electron chi connectivity index (χ1n) is 5.07. The van der Waals surface area contributed by atoms with Gasteiger partial charge in [0.15, 0.2) is 5.79 Å². The number of nitrogens with one attached hydrogen (secondary N) is 1. The number of hydrogen-bond donors (Lipinski definition) is 5. The molecule has 0 bridgehead atoms. The summed E-state index contributed by atoms with van der Waals surface area (Å²) in [6.07, 6.45) is 2.20. The highest BCUT2D eigenvalue weighted by Gasteiger charge is 2.39. The first-order valence-corrected chi connectivity index (χ1v) is 5.07. The maximum absolute atomic E-state index is 11.6.